The van der Waals surface area contributed by atoms with E-state index in [1.54, 1.807) is 0 Å². The summed E-state index contributed by atoms with van der Waals surface area (Å²) >= 11 is 0. The summed E-state index contributed by atoms with van der Waals surface area (Å²) in [7, 11) is 4.39. The lowest BCUT2D eigenvalue weighted by atomic mass is 9.96. The van der Waals surface area contributed by atoms with Crippen molar-refractivity contribution in [2.24, 2.45) is 5.92 Å². The molecule has 3 nitrogen and oxygen atoms in total. The summed E-state index contributed by atoms with van der Waals surface area (Å²) in [6.45, 7) is 6.52. The van der Waals surface area contributed by atoms with Gasteiger partial charge in [-0.3, -0.25) is 0 Å². The fraction of sp³-hybridized carbons (Fsp3) is 1.00. The number of likely N-dealkylation sites (tertiary alicyclic amines) is 1. The van der Waals surface area contributed by atoms with Gasteiger partial charge in [-0.25, -0.2) is 0 Å². The molecule has 2 aliphatic rings. The van der Waals surface area contributed by atoms with Crippen LogP contribution in [-0.2, 0) is 0 Å². The van der Waals surface area contributed by atoms with Crippen LogP contribution in [0.4, 0.5) is 0 Å². The minimum absolute atomic E-state index is 0.885. The molecular formula is C16H33N3. The van der Waals surface area contributed by atoms with Gasteiger partial charge in [0.2, 0.25) is 0 Å². The minimum Gasteiger partial charge on any atom is -0.314 e. The highest BCUT2D eigenvalue weighted by molar-refractivity contribution is 4.80. The van der Waals surface area contributed by atoms with Crippen LogP contribution in [-0.4, -0.2) is 62.7 Å². The van der Waals surface area contributed by atoms with Crippen molar-refractivity contribution in [3.05, 3.63) is 0 Å². The van der Waals surface area contributed by atoms with E-state index >= 15 is 0 Å². The number of rotatable bonds is 9. The van der Waals surface area contributed by atoms with Crippen LogP contribution in [0.5, 0.6) is 0 Å². The van der Waals surface area contributed by atoms with Crippen LogP contribution in [0.15, 0.2) is 0 Å². The molecular weight excluding hydrogens is 234 g/mol. The van der Waals surface area contributed by atoms with Gasteiger partial charge in [-0.1, -0.05) is 6.42 Å². The van der Waals surface area contributed by atoms with E-state index in [1.165, 1.54) is 77.7 Å². The van der Waals surface area contributed by atoms with Crippen molar-refractivity contribution in [2.75, 3.05) is 46.8 Å². The number of piperidine rings is 1. The average Bonchev–Trinajstić information content (AvgIpc) is 3.19. The van der Waals surface area contributed by atoms with E-state index in [2.05, 4.69) is 29.2 Å². The zero-order valence-corrected chi connectivity index (χ0v) is 13.0. The lowest BCUT2D eigenvalue weighted by molar-refractivity contribution is 0.160. The molecule has 2 fully saturated rings. The molecule has 112 valence electrons. The molecule has 0 atom stereocenters. The van der Waals surface area contributed by atoms with Crippen molar-refractivity contribution in [3.63, 3.8) is 0 Å². The Morgan fingerprint density at radius 3 is 2.37 bits per heavy atom. The molecule has 1 saturated heterocycles. The second-order valence-corrected chi connectivity index (χ2v) is 6.84. The van der Waals surface area contributed by atoms with Crippen molar-refractivity contribution >= 4 is 0 Å². The van der Waals surface area contributed by atoms with E-state index in [9.17, 15) is 0 Å². The zero-order chi connectivity index (χ0) is 13.5. The standard InChI is InChI=1S/C16H33N3/c1-18(2)14-15-8-12-19(13-9-15)11-5-3-4-10-17-16-6-7-16/h15-17H,3-14H2,1-2H3. The van der Waals surface area contributed by atoms with Crippen LogP contribution in [0, 0.1) is 5.92 Å². The average molecular weight is 267 g/mol. The Kier molecular flexibility index (Phi) is 6.62. The Balaban J connectivity index is 1.41. The molecule has 0 amide bonds. The lowest BCUT2D eigenvalue weighted by Crippen LogP contribution is -2.37. The van der Waals surface area contributed by atoms with Crippen molar-refractivity contribution in [3.8, 4) is 0 Å². The summed E-state index contributed by atoms with van der Waals surface area (Å²) in [4.78, 5) is 5.02. The predicted octanol–water partition coefficient (Wildman–Crippen LogP) is 2.18. The third kappa shape index (κ3) is 6.73. The van der Waals surface area contributed by atoms with E-state index in [-0.39, 0.29) is 0 Å². The summed E-state index contributed by atoms with van der Waals surface area (Å²) in [5.74, 6) is 0.939. The maximum Gasteiger partial charge on any atom is 0.00682 e. The van der Waals surface area contributed by atoms with Gasteiger partial charge in [-0.05, 0) is 84.7 Å². The smallest absolute Gasteiger partial charge is 0.00682 e. The fourth-order valence-electron chi connectivity index (χ4n) is 3.14. The molecule has 2 rings (SSSR count). The summed E-state index contributed by atoms with van der Waals surface area (Å²) in [6, 6.07) is 0.885. The van der Waals surface area contributed by atoms with Gasteiger partial charge in [0.1, 0.15) is 0 Å². The molecule has 0 bridgehead atoms. The largest absolute Gasteiger partial charge is 0.314 e. The molecule has 1 aliphatic carbocycles. The van der Waals surface area contributed by atoms with Gasteiger partial charge in [0.05, 0.1) is 0 Å². The van der Waals surface area contributed by atoms with Gasteiger partial charge in [-0.2, -0.15) is 0 Å². The summed E-state index contributed by atoms with van der Waals surface area (Å²) in [6.07, 6.45) is 9.81. The topological polar surface area (TPSA) is 18.5 Å². The number of hydrogen-bond acceptors (Lipinski definition) is 3. The monoisotopic (exact) mass is 267 g/mol. The van der Waals surface area contributed by atoms with Gasteiger partial charge in [-0.15, -0.1) is 0 Å². The van der Waals surface area contributed by atoms with Crippen molar-refractivity contribution in [1.82, 2.24) is 15.1 Å². The molecule has 3 heteroatoms. The van der Waals surface area contributed by atoms with Gasteiger partial charge < -0.3 is 15.1 Å². The quantitative estimate of drug-likeness (QED) is 0.646. The normalized spacial score (nSPS) is 22.3. The Hall–Kier alpha value is -0.120. The molecule has 1 N–H and O–H groups in total. The zero-order valence-electron chi connectivity index (χ0n) is 13.0. The second kappa shape index (κ2) is 8.23. The summed E-state index contributed by atoms with van der Waals surface area (Å²) in [5, 5.41) is 3.60. The van der Waals surface area contributed by atoms with Gasteiger partial charge in [0.15, 0.2) is 0 Å². The van der Waals surface area contributed by atoms with Crippen LogP contribution < -0.4 is 5.32 Å². The highest BCUT2D eigenvalue weighted by atomic mass is 15.1. The molecule has 0 aromatic heterocycles. The fourth-order valence-corrected chi connectivity index (χ4v) is 3.14. The van der Waals surface area contributed by atoms with E-state index in [0.29, 0.717) is 0 Å². The molecule has 1 heterocycles. The first kappa shape index (κ1) is 15.3. The minimum atomic E-state index is 0.885. The van der Waals surface area contributed by atoms with E-state index in [4.69, 9.17) is 0 Å². The molecule has 19 heavy (non-hydrogen) atoms. The Labute approximate surface area is 119 Å². The van der Waals surface area contributed by atoms with Crippen LogP contribution in [0.25, 0.3) is 0 Å². The molecule has 1 saturated carbocycles. The third-order valence-electron chi connectivity index (χ3n) is 4.49. The van der Waals surface area contributed by atoms with Crippen LogP contribution in [0.2, 0.25) is 0 Å². The van der Waals surface area contributed by atoms with Gasteiger partial charge in [0.25, 0.3) is 0 Å². The maximum atomic E-state index is 3.60. The second-order valence-electron chi connectivity index (χ2n) is 6.84. The highest BCUT2D eigenvalue weighted by Gasteiger charge is 2.20. The maximum absolute atomic E-state index is 3.60. The van der Waals surface area contributed by atoms with Crippen molar-refractivity contribution in [2.45, 2.75) is 51.0 Å². The lowest BCUT2D eigenvalue weighted by Gasteiger charge is -2.33. The van der Waals surface area contributed by atoms with Gasteiger partial charge in [0, 0.05) is 12.6 Å². The number of unbranched alkanes of at least 4 members (excludes halogenated alkanes) is 2. The Bertz CT molecular complexity index is 230. The SMILES string of the molecule is CN(C)CC1CCN(CCCCCNC2CC2)CC1. The molecule has 0 spiro atoms. The van der Waals surface area contributed by atoms with E-state index < -0.39 is 0 Å². The van der Waals surface area contributed by atoms with E-state index in [0.717, 1.165) is 12.0 Å². The van der Waals surface area contributed by atoms with Crippen LogP contribution >= 0.6 is 0 Å². The first-order valence-electron chi connectivity index (χ1n) is 8.34. The number of nitrogens with zero attached hydrogens (tertiary/aromatic N) is 2. The van der Waals surface area contributed by atoms with Crippen LogP contribution in [0.1, 0.15) is 44.9 Å². The Morgan fingerprint density at radius 1 is 1.00 bits per heavy atom. The number of hydrogen-bond donors (Lipinski definition) is 1. The number of nitrogens with one attached hydrogen (secondary N) is 1. The molecule has 0 radical (unpaired) electrons. The van der Waals surface area contributed by atoms with Crippen molar-refractivity contribution in [1.29, 1.82) is 0 Å². The Morgan fingerprint density at radius 2 is 1.74 bits per heavy atom. The first-order valence-corrected chi connectivity index (χ1v) is 8.34. The summed E-state index contributed by atoms with van der Waals surface area (Å²) < 4.78 is 0. The molecule has 1 aliphatic heterocycles. The van der Waals surface area contributed by atoms with E-state index in [1.807, 2.05) is 0 Å². The first-order chi connectivity index (χ1) is 9.24. The molecule has 0 aromatic rings. The molecule has 0 unspecified atom stereocenters. The summed E-state index contributed by atoms with van der Waals surface area (Å²) in [5.41, 5.74) is 0. The van der Waals surface area contributed by atoms with Crippen LogP contribution in [0.3, 0.4) is 0 Å². The predicted molar refractivity (Wildman–Crippen MR) is 82.6 cm³/mol. The third-order valence-corrected chi connectivity index (χ3v) is 4.49. The molecule has 0 aromatic carbocycles. The van der Waals surface area contributed by atoms with Crippen molar-refractivity contribution < 1.29 is 0 Å². The van der Waals surface area contributed by atoms with Gasteiger partial charge >= 0.3 is 0 Å². The highest BCUT2D eigenvalue weighted by Crippen LogP contribution is 2.19.